The van der Waals surface area contributed by atoms with Crippen molar-refractivity contribution in [2.75, 3.05) is 0 Å². The molecule has 5 aromatic carbocycles. The number of nitro benzene ring substituents is 3. The van der Waals surface area contributed by atoms with E-state index in [1.54, 1.807) is 0 Å². The maximum absolute atomic E-state index is 12.2. The topological polar surface area (TPSA) is 399 Å². The first-order valence-corrected chi connectivity index (χ1v) is 16.9. The standard InChI is InChI=1S/C28H17N9O16S2/c38-22-11-23(39)18(31-33-20-7-15(36(44)45)8-21(27(20)40)37(46)47)10-17(22)30-32-19-9-16(54(48,49)50)5-12-6-24(55(51,52)53)26(28(41)25(12)19)34-29-13-1-3-14(4-2-13)35(42)43/h1-11,38-41H,(H,48,49,50)(H,51,52,53)/p-2. The van der Waals surface area contributed by atoms with Crippen molar-refractivity contribution in [1.29, 1.82) is 0 Å². The average molecular weight is 798 g/mol. The number of aromatic hydroxyl groups is 4. The maximum Gasteiger partial charge on any atom is 0.319 e. The Bertz CT molecular complexity index is 2790. The van der Waals surface area contributed by atoms with Crippen molar-refractivity contribution in [3.8, 4) is 23.0 Å². The van der Waals surface area contributed by atoms with Crippen LogP contribution < -0.4 is 0 Å². The summed E-state index contributed by atoms with van der Waals surface area (Å²) in [6.07, 6.45) is 0. The van der Waals surface area contributed by atoms with Crippen LogP contribution in [0.25, 0.3) is 10.8 Å². The molecule has 0 heterocycles. The molecule has 0 aliphatic heterocycles. The summed E-state index contributed by atoms with van der Waals surface area (Å²) in [5, 5.41) is 96.2. The fourth-order valence-corrected chi connectivity index (χ4v) is 5.71. The van der Waals surface area contributed by atoms with Crippen LogP contribution in [0.5, 0.6) is 23.0 Å². The van der Waals surface area contributed by atoms with E-state index in [4.69, 9.17) is 0 Å². The monoisotopic (exact) mass is 797 g/mol. The van der Waals surface area contributed by atoms with E-state index in [0.717, 1.165) is 30.3 Å². The molecule has 55 heavy (non-hydrogen) atoms. The van der Waals surface area contributed by atoms with E-state index >= 15 is 0 Å². The fourth-order valence-electron chi connectivity index (χ4n) is 4.54. The van der Waals surface area contributed by atoms with E-state index in [1.807, 2.05) is 0 Å². The Morgan fingerprint density at radius 2 is 1.09 bits per heavy atom. The number of nitrogens with zero attached hydrogens (tertiary/aromatic N) is 9. The van der Waals surface area contributed by atoms with E-state index in [-0.39, 0.29) is 11.4 Å². The molecule has 0 unspecified atom stereocenters. The zero-order chi connectivity index (χ0) is 40.6. The number of benzene rings is 5. The Kier molecular flexibility index (Phi) is 10.1. The second-order valence-electron chi connectivity index (χ2n) is 10.6. The van der Waals surface area contributed by atoms with E-state index in [1.165, 1.54) is 0 Å². The van der Waals surface area contributed by atoms with E-state index in [2.05, 4.69) is 30.7 Å². The predicted octanol–water partition coefficient (Wildman–Crippen LogP) is 6.44. The van der Waals surface area contributed by atoms with Gasteiger partial charge in [0, 0.05) is 30.3 Å². The zero-order valence-corrected chi connectivity index (χ0v) is 28.0. The lowest BCUT2D eigenvalue weighted by Crippen LogP contribution is -2.01. The van der Waals surface area contributed by atoms with Crippen LogP contribution in [-0.4, -0.2) is 61.1 Å². The van der Waals surface area contributed by atoms with Crippen molar-refractivity contribution in [2.24, 2.45) is 30.7 Å². The normalized spacial score (nSPS) is 12.3. The highest BCUT2D eigenvalue weighted by molar-refractivity contribution is 7.86. The van der Waals surface area contributed by atoms with Crippen molar-refractivity contribution in [3.63, 3.8) is 0 Å². The van der Waals surface area contributed by atoms with Crippen molar-refractivity contribution in [2.45, 2.75) is 9.79 Å². The molecule has 0 radical (unpaired) electrons. The number of phenolic OH excluding ortho intramolecular Hbond substituents is 4. The second kappa shape index (κ2) is 14.4. The molecule has 0 fully saturated rings. The van der Waals surface area contributed by atoms with E-state index in [9.17, 15) is 76.7 Å². The Labute approximate surface area is 303 Å². The first-order valence-electron chi connectivity index (χ1n) is 14.1. The molecule has 0 aromatic heterocycles. The lowest BCUT2D eigenvalue weighted by molar-refractivity contribution is -0.394. The van der Waals surface area contributed by atoms with Gasteiger partial charge in [0.05, 0.1) is 47.4 Å². The zero-order valence-electron chi connectivity index (χ0n) is 26.4. The first-order chi connectivity index (χ1) is 25.6. The highest BCUT2D eigenvalue weighted by Gasteiger charge is 2.25. The number of hydrogen-bond donors (Lipinski definition) is 4. The van der Waals surface area contributed by atoms with Gasteiger partial charge in [-0.1, -0.05) is 0 Å². The van der Waals surface area contributed by atoms with Crippen LogP contribution in [-0.2, 0) is 20.2 Å². The van der Waals surface area contributed by atoms with Crippen LogP contribution in [0.15, 0.2) is 107 Å². The molecule has 0 amide bonds. The van der Waals surface area contributed by atoms with Crippen molar-refractivity contribution in [3.05, 3.63) is 97.1 Å². The molecule has 0 aliphatic carbocycles. The van der Waals surface area contributed by atoms with Gasteiger partial charge in [0.15, 0.2) is 5.75 Å². The molecule has 5 aromatic rings. The van der Waals surface area contributed by atoms with Crippen LogP contribution in [0.3, 0.4) is 0 Å². The summed E-state index contributed by atoms with van der Waals surface area (Å²) in [5.41, 5.74) is -6.22. The third-order valence-electron chi connectivity index (χ3n) is 7.05. The minimum atomic E-state index is -5.54. The maximum atomic E-state index is 12.2. The van der Waals surface area contributed by atoms with Gasteiger partial charge in [0.2, 0.25) is 5.75 Å². The molecule has 27 heteroatoms. The SMILES string of the molecule is O=[N+]([O-])c1ccc(N=Nc2c(S(=O)(=O)[O-])cc3cc(S(=O)(=O)[O-])cc(N=Nc4cc(N=Nc5cc([N+](=O)[O-])cc([N+](=O)[O-])c5O)c(O)cc4O)c3c2O)cc1. The van der Waals surface area contributed by atoms with Crippen LogP contribution in [0.1, 0.15) is 0 Å². The van der Waals surface area contributed by atoms with Crippen molar-refractivity contribution >= 4 is 82.2 Å². The van der Waals surface area contributed by atoms with Gasteiger partial charge in [0.1, 0.15) is 54.5 Å². The van der Waals surface area contributed by atoms with Crippen molar-refractivity contribution < 1.29 is 61.1 Å². The number of fused-ring (bicyclic) bond motifs is 1. The van der Waals surface area contributed by atoms with Crippen molar-refractivity contribution in [1.82, 2.24) is 0 Å². The van der Waals surface area contributed by atoms with Gasteiger partial charge in [-0.2, -0.15) is 5.11 Å². The molecule has 0 atom stereocenters. The molecule has 5 rings (SSSR count). The Balaban J connectivity index is 1.67. The fraction of sp³-hybridized carbons (Fsp3) is 0. The van der Waals surface area contributed by atoms with Crippen LogP contribution in [0.4, 0.5) is 51.2 Å². The Morgan fingerprint density at radius 1 is 0.527 bits per heavy atom. The number of rotatable bonds is 11. The molecule has 0 bridgehead atoms. The lowest BCUT2D eigenvalue weighted by atomic mass is 10.1. The number of phenols is 4. The summed E-state index contributed by atoms with van der Waals surface area (Å²) in [6.45, 7) is 0. The summed E-state index contributed by atoms with van der Waals surface area (Å²) in [4.78, 5) is 28.2. The molecular weight excluding hydrogens is 782 g/mol. The number of nitro groups is 3. The molecule has 25 nitrogen and oxygen atoms in total. The van der Waals surface area contributed by atoms with Gasteiger partial charge in [-0.25, -0.2) is 16.8 Å². The molecular formula is C28H15N9O16S2-2. The largest absolute Gasteiger partial charge is 0.744 e. The molecule has 4 N–H and O–H groups in total. The number of azo groups is 3. The predicted molar refractivity (Wildman–Crippen MR) is 178 cm³/mol. The molecule has 0 saturated carbocycles. The Morgan fingerprint density at radius 3 is 1.62 bits per heavy atom. The smallest absolute Gasteiger partial charge is 0.319 e. The summed E-state index contributed by atoms with van der Waals surface area (Å²) < 4.78 is 72.6. The summed E-state index contributed by atoms with van der Waals surface area (Å²) in [5.74, 6) is -4.00. The number of non-ortho nitro benzene ring substituents is 2. The molecule has 282 valence electrons. The minimum absolute atomic E-state index is 0.123. The summed E-state index contributed by atoms with van der Waals surface area (Å²) in [7, 11) is -10.9. The quantitative estimate of drug-likeness (QED) is 0.0483. The molecule has 0 aliphatic rings. The average Bonchev–Trinajstić information content (AvgIpc) is 3.09. The third kappa shape index (κ3) is 8.23. The second-order valence-corrected chi connectivity index (χ2v) is 13.3. The van der Waals surface area contributed by atoms with Gasteiger partial charge >= 0.3 is 5.69 Å². The van der Waals surface area contributed by atoms with Crippen LogP contribution >= 0.6 is 0 Å². The van der Waals surface area contributed by atoms with Gasteiger partial charge in [0.25, 0.3) is 11.4 Å². The minimum Gasteiger partial charge on any atom is -0.744 e. The summed E-state index contributed by atoms with van der Waals surface area (Å²) in [6, 6.07) is 8.33. The van der Waals surface area contributed by atoms with Crippen LogP contribution in [0.2, 0.25) is 0 Å². The molecule has 0 spiro atoms. The van der Waals surface area contributed by atoms with E-state index < -0.39 is 118 Å². The van der Waals surface area contributed by atoms with Gasteiger partial charge in [-0.3, -0.25) is 30.3 Å². The number of hydrogen-bond acceptors (Lipinski definition) is 22. The van der Waals surface area contributed by atoms with Gasteiger partial charge < -0.3 is 29.5 Å². The Hall–Kier alpha value is -7.62. The highest BCUT2D eigenvalue weighted by atomic mass is 32.2. The van der Waals surface area contributed by atoms with E-state index in [0.29, 0.717) is 36.4 Å². The lowest BCUT2D eigenvalue weighted by Gasteiger charge is -2.16. The van der Waals surface area contributed by atoms with Gasteiger partial charge in [-0.15, -0.1) is 25.6 Å². The van der Waals surface area contributed by atoms with Crippen LogP contribution in [0, 0.1) is 30.3 Å². The summed E-state index contributed by atoms with van der Waals surface area (Å²) >= 11 is 0. The molecule has 0 saturated heterocycles. The third-order valence-corrected chi connectivity index (χ3v) is 8.71. The first kappa shape index (κ1) is 38.6. The van der Waals surface area contributed by atoms with Gasteiger partial charge in [-0.05, 0) is 35.7 Å². The highest BCUT2D eigenvalue weighted by Crippen LogP contribution is 2.47.